The molecule has 0 unspecified atom stereocenters. The number of hydrogen-bond acceptors (Lipinski definition) is 3. The number of hydrogen-bond donors (Lipinski definition) is 0. The average Bonchev–Trinajstić information content (AvgIpc) is 2.42. The number of aryl methyl sites for hydroxylation is 1. The maximum absolute atomic E-state index is 13.9. The Hall–Kier alpha value is -2.30. The molecule has 0 radical (unpaired) electrons. The highest BCUT2D eigenvalue weighted by Gasteiger charge is 2.19. The van der Waals surface area contributed by atoms with Crippen LogP contribution in [0.3, 0.4) is 0 Å². The van der Waals surface area contributed by atoms with Crippen LogP contribution < -0.4 is 0 Å². The molecule has 1 heterocycles. The lowest BCUT2D eigenvalue weighted by Crippen LogP contribution is -2.14. The molecule has 2 rings (SSSR count). The number of carbonyl (C=O) groups is 1. The molecule has 0 aliphatic carbocycles. The van der Waals surface area contributed by atoms with E-state index in [4.69, 9.17) is 4.74 Å². The largest absolute Gasteiger partial charge is 0.458 e. The number of carbonyl (C=O) groups excluding carboxylic acids is 1. The van der Waals surface area contributed by atoms with Crippen molar-refractivity contribution in [1.29, 1.82) is 0 Å². The van der Waals surface area contributed by atoms with Gasteiger partial charge in [-0.2, -0.15) is 0 Å². The Morgan fingerprint density at radius 1 is 1.19 bits per heavy atom. The van der Waals surface area contributed by atoms with Gasteiger partial charge in [-0.3, -0.25) is 0 Å². The first-order valence-corrected chi connectivity index (χ1v) is 6.52. The summed E-state index contributed by atoms with van der Waals surface area (Å²) >= 11 is 0. The highest BCUT2D eigenvalue weighted by Crippen LogP contribution is 2.24. The molecule has 0 saturated heterocycles. The zero-order valence-electron chi connectivity index (χ0n) is 12.0. The first-order valence-electron chi connectivity index (χ1n) is 6.52. The van der Waals surface area contributed by atoms with Crippen LogP contribution in [0.2, 0.25) is 0 Å². The highest BCUT2D eigenvalue weighted by molar-refractivity contribution is 5.88. The van der Waals surface area contributed by atoms with E-state index in [1.165, 1.54) is 0 Å². The van der Waals surface area contributed by atoms with Gasteiger partial charge < -0.3 is 4.74 Å². The number of esters is 1. The fourth-order valence-electron chi connectivity index (χ4n) is 1.78. The Morgan fingerprint density at radius 3 is 2.38 bits per heavy atom. The smallest absolute Gasteiger partial charge is 0.357 e. The first-order chi connectivity index (χ1) is 9.88. The molecule has 2 aromatic rings. The average molecular weight is 291 g/mol. The summed E-state index contributed by atoms with van der Waals surface area (Å²) in [6.07, 6.45) is -0.366. The van der Waals surface area contributed by atoms with Crippen LogP contribution in [0.5, 0.6) is 0 Å². The Morgan fingerprint density at radius 2 is 1.81 bits per heavy atom. The van der Waals surface area contributed by atoms with E-state index in [2.05, 4.69) is 4.98 Å². The fourth-order valence-corrected chi connectivity index (χ4v) is 1.78. The molecule has 0 N–H and O–H groups in total. The molecule has 3 nitrogen and oxygen atoms in total. The minimum Gasteiger partial charge on any atom is -0.458 e. The number of benzene rings is 1. The van der Waals surface area contributed by atoms with Gasteiger partial charge in [0.15, 0.2) is 17.3 Å². The van der Waals surface area contributed by atoms with Crippen molar-refractivity contribution >= 4 is 5.97 Å². The van der Waals surface area contributed by atoms with Gasteiger partial charge in [0.05, 0.1) is 6.10 Å². The molecule has 0 amide bonds. The van der Waals surface area contributed by atoms with Crippen molar-refractivity contribution in [1.82, 2.24) is 4.98 Å². The standard InChI is InChI=1S/C16H15F2NO2/c1-9(2)21-16(20)13-8-12(17)14(18)15(19-13)11-6-4-10(3)5-7-11/h4-9H,1-3H3. The molecular weight excluding hydrogens is 276 g/mol. The minimum absolute atomic E-state index is 0.203. The lowest BCUT2D eigenvalue weighted by atomic mass is 10.1. The summed E-state index contributed by atoms with van der Waals surface area (Å²) < 4.78 is 32.5. The van der Waals surface area contributed by atoms with Gasteiger partial charge >= 0.3 is 5.97 Å². The van der Waals surface area contributed by atoms with Crippen LogP contribution in [-0.2, 0) is 4.74 Å². The van der Waals surface area contributed by atoms with Gasteiger partial charge in [-0.1, -0.05) is 29.8 Å². The van der Waals surface area contributed by atoms with Crippen molar-refractivity contribution in [3.63, 3.8) is 0 Å². The molecular formula is C16H15F2NO2. The molecule has 21 heavy (non-hydrogen) atoms. The second-order valence-electron chi connectivity index (χ2n) is 4.97. The van der Waals surface area contributed by atoms with E-state index in [1.807, 2.05) is 6.92 Å². The van der Waals surface area contributed by atoms with Crippen molar-refractivity contribution in [3.8, 4) is 11.3 Å². The maximum Gasteiger partial charge on any atom is 0.357 e. The van der Waals surface area contributed by atoms with Gasteiger partial charge in [0.1, 0.15) is 5.69 Å². The Labute approximate surface area is 121 Å². The molecule has 0 spiro atoms. The van der Waals surface area contributed by atoms with E-state index < -0.39 is 17.6 Å². The van der Waals surface area contributed by atoms with Crippen LogP contribution in [-0.4, -0.2) is 17.1 Å². The van der Waals surface area contributed by atoms with Crippen LogP contribution in [0.4, 0.5) is 8.78 Å². The molecule has 0 aliphatic heterocycles. The number of pyridine rings is 1. The quantitative estimate of drug-likeness (QED) is 0.805. The predicted octanol–water partition coefficient (Wildman–Crippen LogP) is 3.90. The van der Waals surface area contributed by atoms with E-state index in [9.17, 15) is 13.6 Å². The van der Waals surface area contributed by atoms with Gasteiger partial charge in [-0.15, -0.1) is 0 Å². The maximum atomic E-state index is 13.9. The monoisotopic (exact) mass is 291 g/mol. The predicted molar refractivity (Wildman–Crippen MR) is 74.9 cm³/mol. The first kappa shape index (κ1) is 15.1. The molecule has 0 saturated carbocycles. The molecule has 1 aromatic heterocycles. The zero-order valence-corrected chi connectivity index (χ0v) is 12.0. The van der Waals surface area contributed by atoms with Crippen molar-refractivity contribution in [2.75, 3.05) is 0 Å². The van der Waals surface area contributed by atoms with Crippen LogP contribution in [0.1, 0.15) is 29.9 Å². The Kier molecular flexibility index (Phi) is 4.31. The number of aromatic nitrogens is 1. The van der Waals surface area contributed by atoms with E-state index in [-0.39, 0.29) is 17.5 Å². The summed E-state index contributed by atoms with van der Waals surface area (Å²) in [6, 6.07) is 7.51. The van der Waals surface area contributed by atoms with Gasteiger partial charge in [-0.05, 0) is 20.8 Å². The Bertz CT molecular complexity index is 667. The summed E-state index contributed by atoms with van der Waals surface area (Å²) in [5, 5.41) is 0. The Balaban J connectivity index is 2.48. The SMILES string of the molecule is Cc1ccc(-c2nc(C(=O)OC(C)C)cc(F)c2F)cc1. The molecule has 110 valence electrons. The number of ether oxygens (including phenoxy) is 1. The third-order valence-electron chi connectivity index (χ3n) is 2.79. The third kappa shape index (κ3) is 3.42. The molecule has 1 aromatic carbocycles. The van der Waals surface area contributed by atoms with E-state index in [1.54, 1.807) is 38.1 Å². The number of nitrogens with zero attached hydrogens (tertiary/aromatic N) is 1. The van der Waals surface area contributed by atoms with Gasteiger partial charge in [-0.25, -0.2) is 18.6 Å². The van der Waals surface area contributed by atoms with Crippen LogP contribution >= 0.6 is 0 Å². The van der Waals surface area contributed by atoms with Gasteiger partial charge in [0.2, 0.25) is 0 Å². The minimum atomic E-state index is -1.13. The highest BCUT2D eigenvalue weighted by atomic mass is 19.2. The molecule has 0 aliphatic rings. The van der Waals surface area contributed by atoms with Crippen LogP contribution in [0, 0.1) is 18.6 Å². The van der Waals surface area contributed by atoms with Crippen molar-refractivity contribution in [2.24, 2.45) is 0 Å². The van der Waals surface area contributed by atoms with Crippen molar-refractivity contribution in [3.05, 3.63) is 53.2 Å². The van der Waals surface area contributed by atoms with Gasteiger partial charge in [0.25, 0.3) is 0 Å². The molecule has 0 fully saturated rings. The molecule has 0 atom stereocenters. The summed E-state index contributed by atoms with van der Waals surface area (Å²) in [5.41, 5.74) is 0.926. The zero-order chi connectivity index (χ0) is 15.6. The third-order valence-corrected chi connectivity index (χ3v) is 2.79. The molecule has 5 heteroatoms. The normalized spacial score (nSPS) is 10.8. The van der Waals surface area contributed by atoms with Gasteiger partial charge in [0, 0.05) is 11.6 Å². The summed E-state index contributed by atoms with van der Waals surface area (Å²) in [7, 11) is 0. The van der Waals surface area contributed by atoms with E-state index in [0.717, 1.165) is 11.6 Å². The van der Waals surface area contributed by atoms with E-state index >= 15 is 0 Å². The lowest BCUT2D eigenvalue weighted by molar-refractivity contribution is 0.0370. The second-order valence-corrected chi connectivity index (χ2v) is 4.97. The fraction of sp³-hybridized carbons (Fsp3) is 0.250. The number of rotatable bonds is 3. The summed E-state index contributed by atoms with van der Waals surface area (Å²) in [4.78, 5) is 15.7. The van der Waals surface area contributed by atoms with Crippen LogP contribution in [0.25, 0.3) is 11.3 Å². The van der Waals surface area contributed by atoms with Crippen molar-refractivity contribution in [2.45, 2.75) is 26.9 Å². The topological polar surface area (TPSA) is 39.2 Å². The number of halogens is 2. The van der Waals surface area contributed by atoms with E-state index in [0.29, 0.717) is 5.56 Å². The van der Waals surface area contributed by atoms with Crippen molar-refractivity contribution < 1.29 is 18.3 Å². The van der Waals surface area contributed by atoms with Crippen LogP contribution in [0.15, 0.2) is 30.3 Å². The second kappa shape index (κ2) is 5.99. The lowest BCUT2D eigenvalue weighted by Gasteiger charge is -2.10. The molecule has 0 bridgehead atoms. The summed E-state index contributed by atoms with van der Waals surface area (Å²) in [5.74, 6) is -2.99. The summed E-state index contributed by atoms with van der Waals surface area (Å²) in [6.45, 7) is 5.21.